The highest BCUT2D eigenvalue weighted by molar-refractivity contribution is 5.97. The van der Waals surface area contributed by atoms with E-state index < -0.39 is 5.54 Å². The molecule has 3 amide bonds. The van der Waals surface area contributed by atoms with Gasteiger partial charge in [-0.05, 0) is 30.5 Å². The molecule has 1 heterocycles. The summed E-state index contributed by atoms with van der Waals surface area (Å²) in [6, 6.07) is 7.08. The van der Waals surface area contributed by atoms with Crippen LogP contribution in [0.4, 0.5) is 0 Å². The van der Waals surface area contributed by atoms with E-state index in [2.05, 4.69) is 10.6 Å². The lowest BCUT2D eigenvalue weighted by Gasteiger charge is -2.26. The molecule has 1 saturated heterocycles. The van der Waals surface area contributed by atoms with E-state index in [9.17, 15) is 14.4 Å². The van der Waals surface area contributed by atoms with Crippen molar-refractivity contribution in [2.75, 3.05) is 19.6 Å². The maximum Gasteiger partial charge on any atom is 0.254 e. The first-order valence-electron chi connectivity index (χ1n) is 8.70. The molecule has 1 aliphatic carbocycles. The number of nitrogens with one attached hydrogen (secondary N) is 2. The number of nitrogens with two attached hydrogens (primary N) is 1. The zero-order valence-corrected chi connectivity index (χ0v) is 15.4. The molecule has 1 aromatic carbocycles. The van der Waals surface area contributed by atoms with Crippen LogP contribution in [-0.2, 0) is 16.1 Å². The number of rotatable bonds is 4. The fourth-order valence-corrected chi connectivity index (χ4v) is 3.35. The number of hydrogen-bond acceptors (Lipinski definition) is 4. The Morgan fingerprint density at radius 2 is 1.85 bits per heavy atom. The first-order chi connectivity index (χ1) is 12.0. The second-order valence-electron chi connectivity index (χ2n) is 6.82. The second kappa shape index (κ2) is 8.51. The van der Waals surface area contributed by atoms with Gasteiger partial charge in [-0.1, -0.05) is 25.0 Å². The lowest BCUT2D eigenvalue weighted by atomic mass is 9.98. The summed E-state index contributed by atoms with van der Waals surface area (Å²) in [6.07, 6.45) is 3.45. The van der Waals surface area contributed by atoms with Crippen LogP contribution >= 0.6 is 12.4 Å². The van der Waals surface area contributed by atoms with Crippen LogP contribution < -0.4 is 16.4 Å². The van der Waals surface area contributed by atoms with E-state index in [1.54, 1.807) is 12.1 Å². The Morgan fingerprint density at radius 3 is 2.46 bits per heavy atom. The molecule has 0 aromatic heterocycles. The van der Waals surface area contributed by atoms with Crippen molar-refractivity contribution in [1.29, 1.82) is 0 Å². The van der Waals surface area contributed by atoms with Gasteiger partial charge >= 0.3 is 0 Å². The smallest absolute Gasteiger partial charge is 0.254 e. The van der Waals surface area contributed by atoms with Crippen LogP contribution in [0.15, 0.2) is 24.3 Å². The average molecular weight is 381 g/mol. The first-order valence-corrected chi connectivity index (χ1v) is 8.70. The zero-order chi connectivity index (χ0) is 17.9. The highest BCUT2D eigenvalue weighted by atomic mass is 35.5. The van der Waals surface area contributed by atoms with E-state index >= 15 is 0 Å². The summed E-state index contributed by atoms with van der Waals surface area (Å²) < 4.78 is 0. The average Bonchev–Trinajstić information content (AvgIpc) is 3.07. The van der Waals surface area contributed by atoms with E-state index in [-0.39, 0.29) is 36.7 Å². The fourth-order valence-electron chi connectivity index (χ4n) is 3.35. The van der Waals surface area contributed by atoms with Gasteiger partial charge in [0.1, 0.15) is 0 Å². The van der Waals surface area contributed by atoms with Gasteiger partial charge in [-0.25, -0.2) is 0 Å². The Kier molecular flexibility index (Phi) is 6.61. The van der Waals surface area contributed by atoms with E-state index in [0.29, 0.717) is 25.2 Å². The molecule has 2 aliphatic rings. The van der Waals surface area contributed by atoms with Gasteiger partial charge in [0.25, 0.3) is 5.91 Å². The van der Waals surface area contributed by atoms with Crippen molar-refractivity contribution in [3.8, 4) is 0 Å². The lowest BCUT2D eigenvalue weighted by molar-refractivity contribution is -0.126. The van der Waals surface area contributed by atoms with Crippen molar-refractivity contribution in [2.45, 2.75) is 37.8 Å². The number of carbonyl (C=O) groups is 3. The minimum atomic E-state index is -0.731. The van der Waals surface area contributed by atoms with E-state index in [4.69, 9.17) is 5.73 Å². The third kappa shape index (κ3) is 4.53. The van der Waals surface area contributed by atoms with Gasteiger partial charge in [-0.2, -0.15) is 0 Å². The summed E-state index contributed by atoms with van der Waals surface area (Å²) in [7, 11) is 0. The molecule has 1 aromatic rings. The Labute approximate surface area is 159 Å². The zero-order valence-electron chi connectivity index (χ0n) is 14.6. The number of nitrogens with zero attached hydrogens (tertiary/aromatic N) is 1. The number of piperazine rings is 1. The largest absolute Gasteiger partial charge is 0.353 e. The van der Waals surface area contributed by atoms with Crippen LogP contribution in [0.2, 0.25) is 0 Å². The van der Waals surface area contributed by atoms with Crippen LogP contribution in [0.25, 0.3) is 0 Å². The molecule has 142 valence electrons. The van der Waals surface area contributed by atoms with Crippen molar-refractivity contribution in [2.24, 2.45) is 5.73 Å². The summed E-state index contributed by atoms with van der Waals surface area (Å²) >= 11 is 0. The summed E-state index contributed by atoms with van der Waals surface area (Å²) in [4.78, 5) is 37.5. The van der Waals surface area contributed by atoms with Gasteiger partial charge < -0.3 is 21.3 Å². The van der Waals surface area contributed by atoms with E-state index in [1.165, 1.54) is 4.90 Å². The molecule has 1 saturated carbocycles. The maximum absolute atomic E-state index is 12.4. The van der Waals surface area contributed by atoms with Crippen LogP contribution in [0.5, 0.6) is 0 Å². The van der Waals surface area contributed by atoms with Crippen molar-refractivity contribution in [3.05, 3.63) is 35.4 Å². The molecule has 4 N–H and O–H groups in total. The normalized spacial score (nSPS) is 18.7. The van der Waals surface area contributed by atoms with Gasteiger partial charge in [-0.3, -0.25) is 14.4 Å². The molecule has 2 fully saturated rings. The molecule has 26 heavy (non-hydrogen) atoms. The Balaban J connectivity index is 0.00000243. The number of amides is 3. The molecule has 0 unspecified atom stereocenters. The summed E-state index contributed by atoms with van der Waals surface area (Å²) in [5, 5.41) is 5.58. The SMILES string of the molecule is Cl.NC1(C(=O)NCc2ccc(C(=O)N3CCNC(=O)C3)cc2)CCCC1. The third-order valence-electron chi connectivity index (χ3n) is 4.93. The number of hydrogen-bond donors (Lipinski definition) is 3. The highest BCUT2D eigenvalue weighted by Gasteiger charge is 2.36. The lowest BCUT2D eigenvalue weighted by Crippen LogP contribution is -2.51. The molecule has 3 rings (SSSR count). The molecule has 0 radical (unpaired) electrons. The molecule has 7 nitrogen and oxygen atoms in total. The minimum absolute atomic E-state index is 0. The topological polar surface area (TPSA) is 105 Å². The molecule has 0 spiro atoms. The van der Waals surface area contributed by atoms with Gasteiger partial charge in [0.05, 0.1) is 12.1 Å². The van der Waals surface area contributed by atoms with E-state index in [1.807, 2.05) is 12.1 Å². The predicted molar refractivity (Wildman–Crippen MR) is 99.8 cm³/mol. The number of carbonyl (C=O) groups excluding carboxylic acids is 3. The third-order valence-corrected chi connectivity index (χ3v) is 4.93. The Bertz CT molecular complexity index is 672. The standard InChI is InChI=1S/C18H24N4O3.ClH/c19-18(7-1-2-8-18)17(25)21-11-13-3-5-14(6-4-13)16(24)22-10-9-20-15(23)12-22;/h3-6H,1-2,7-12,19H2,(H,20,23)(H,21,25);1H. The maximum atomic E-state index is 12.4. The van der Waals surface area contributed by atoms with Gasteiger partial charge in [0.2, 0.25) is 11.8 Å². The van der Waals surface area contributed by atoms with Crippen LogP contribution in [-0.4, -0.2) is 47.8 Å². The molecule has 8 heteroatoms. The van der Waals surface area contributed by atoms with Crippen molar-refractivity contribution < 1.29 is 14.4 Å². The number of benzene rings is 1. The molecule has 1 aliphatic heterocycles. The van der Waals surface area contributed by atoms with Gasteiger partial charge in [-0.15, -0.1) is 12.4 Å². The van der Waals surface area contributed by atoms with Crippen LogP contribution in [0, 0.1) is 0 Å². The highest BCUT2D eigenvalue weighted by Crippen LogP contribution is 2.27. The van der Waals surface area contributed by atoms with Crippen LogP contribution in [0.3, 0.4) is 0 Å². The Morgan fingerprint density at radius 1 is 1.19 bits per heavy atom. The van der Waals surface area contributed by atoms with Crippen molar-refractivity contribution in [1.82, 2.24) is 15.5 Å². The Hall–Kier alpha value is -2.12. The van der Waals surface area contributed by atoms with Gasteiger partial charge in [0.15, 0.2) is 0 Å². The van der Waals surface area contributed by atoms with E-state index in [0.717, 1.165) is 31.2 Å². The predicted octanol–water partition coefficient (Wildman–Crippen LogP) is 0.568. The number of halogens is 1. The second-order valence-corrected chi connectivity index (χ2v) is 6.82. The van der Waals surface area contributed by atoms with Crippen LogP contribution in [0.1, 0.15) is 41.6 Å². The van der Waals surface area contributed by atoms with Crippen molar-refractivity contribution in [3.63, 3.8) is 0 Å². The molecule has 0 atom stereocenters. The monoisotopic (exact) mass is 380 g/mol. The molecular formula is C18H25ClN4O3. The van der Waals surface area contributed by atoms with Gasteiger partial charge in [0, 0.05) is 25.2 Å². The summed E-state index contributed by atoms with van der Waals surface area (Å²) in [5.74, 6) is -0.400. The molecular weight excluding hydrogens is 356 g/mol. The first kappa shape index (κ1) is 20.2. The fraction of sp³-hybridized carbons (Fsp3) is 0.500. The van der Waals surface area contributed by atoms with Crippen molar-refractivity contribution >= 4 is 30.1 Å². The quantitative estimate of drug-likeness (QED) is 0.710. The summed E-state index contributed by atoms with van der Waals surface area (Å²) in [6.45, 7) is 1.48. The summed E-state index contributed by atoms with van der Waals surface area (Å²) in [5.41, 5.74) is 6.84. The minimum Gasteiger partial charge on any atom is -0.353 e. The molecule has 0 bridgehead atoms.